The van der Waals surface area contributed by atoms with E-state index in [1.54, 1.807) is 19.1 Å². The zero-order valence-corrected chi connectivity index (χ0v) is 13.0. The molecule has 0 radical (unpaired) electrons. The highest BCUT2D eigenvalue weighted by atomic mass is 32.2. The van der Waals surface area contributed by atoms with E-state index in [9.17, 15) is 13.2 Å². The van der Waals surface area contributed by atoms with Crippen LogP contribution < -0.4 is 10.0 Å². The lowest BCUT2D eigenvalue weighted by molar-refractivity contribution is 0.0600. The van der Waals surface area contributed by atoms with Crippen molar-refractivity contribution in [3.8, 4) is 0 Å². The fourth-order valence-electron chi connectivity index (χ4n) is 2.33. The van der Waals surface area contributed by atoms with E-state index in [4.69, 9.17) is 0 Å². The number of hydrogen-bond donors (Lipinski definition) is 2. The Morgan fingerprint density at radius 3 is 2.86 bits per heavy atom. The third-order valence-electron chi connectivity index (χ3n) is 3.62. The number of rotatable bonds is 5. The summed E-state index contributed by atoms with van der Waals surface area (Å²) in [4.78, 5) is 11.6. The quantitative estimate of drug-likeness (QED) is 0.781. The van der Waals surface area contributed by atoms with Gasteiger partial charge in [-0.2, -0.15) is 0 Å². The molecule has 1 fully saturated rings. The topological polar surface area (TPSA) is 84.5 Å². The SMILES string of the molecule is COC(=O)c1ccc(C)c(S(=O)(=O)NCC2CCNC2)c1. The summed E-state index contributed by atoms with van der Waals surface area (Å²) in [6.45, 7) is 3.84. The van der Waals surface area contributed by atoms with Crippen LogP contribution in [0.25, 0.3) is 0 Å². The van der Waals surface area contributed by atoms with Gasteiger partial charge >= 0.3 is 5.97 Å². The molecule has 0 aliphatic carbocycles. The zero-order valence-electron chi connectivity index (χ0n) is 12.2. The molecule has 0 bridgehead atoms. The van der Waals surface area contributed by atoms with Crippen LogP contribution in [0.2, 0.25) is 0 Å². The van der Waals surface area contributed by atoms with E-state index in [2.05, 4.69) is 14.8 Å². The Kier molecular flexibility index (Phi) is 4.97. The molecule has 1 aliphatic rings. The molecule has 2 rings (SSSR count). The van der Waals surface area contributed by atoms with Crippen LogP contribution in [0.1, 0.15) is 22.3 Å². The molecule has 1 heterocycles. The van der Waals surface area contributed by atoms with E-state index in [0.29, 0.717) is 18.0 Å². The highest BCUT2D eigenvalue weighted by Gasteiger charge is 2.22. The lowest BCUT2D eigenvalue weighted by Crippen LogP contribution is -2.31. The normalized spacial score (nSPS) is 18.7. The molecule has 1 atom stereocenters. The smallest absolute Gasteiger partial charge is 0.337 e. The molecule has 21 heavy (non-hydrogen) atoms. The fraction of sp³-hybridized carbons (Fsp3) is 0.500. The summed E-state index contributed by atoms with van der Waals surface area (Å²) in [5.74, 6) is -0.240. The first kappa shape index (κ1) is 15.9. The highest BCUT2D eigenvalue weighted by Crippen LogP contribution is 2.18. The molecule has 0 aromatic heterocycles. The summed E-state index contributed by atoms with van der Waals surface area (Å²) < 4.78 is 32.0. The standard InChI is InChI=1S/C14H20N2O4S/c1-10-3-4-12(14(17)20-2)7-13(10)21(18,19)16-9-11-5-6-15-8-11/h3-4,7,11,15-16H,5-6,8-9H2,1-2H3. The van der Waals surface area contributed by atoms with Gasteiger partial charge in [-0.25, -0.2) is 17.9 Å². The summed E-state index contributed by atoms with van der Waals surface area (Å²) in [6, 6.07) is 4.52. The second kappa shape index (κ2) is 6.55. The fourth-order valence-corrected chi connectivity index (χ4v) is 3.71. The van der Waals surface area contributed by atoms with Crippen molar-refractivity contribution in [2.75, 3.05) is 26.7 Å². The van der Waals surface area contributed by atoms with Crippen LogP contribution in [0, 0.1) is 12.8 Å². The molecule has 6 nitrogen and oxygen atoms in total. The Hall–Kier alpha value is -1.44. The molecule has 116 valence electrons. The monoisotopic (exact) mass is 312 g/mol. The number of nitrogens with one attached hydrogen (secondary N) is 2. The van der Waals surface area contributed by atoms with E-state index in [0.717, 1.165) is 19.5 Å². The van der Waals surface area contributed by atoms with Crippen molar-refractivity contribution in [1.82, 2.24) is 10.0 Å². The van der Waals surface area contributed by atoms with E-state index in [-0.39, 0.29) is 10.5 Å². The minimum absolute atomic E-state index is 0.122. The number of benzene rings is 1. The third-order valence-corrected chi connectivity index (χ3v) is 5.19. The lowest BCUT2D eigenvalue weighted by Gasteiger charge is -2.13. The maximum Gasteiger partial charge on any atom is 0.337 e. The Labute approximate surface area is 124 Å². The minimum Gasteiger partial charge on any atom is -0.465 e. The van der Waals surface area contributed by atoms with Crippen LogP contribution in [-0.4, -0.2) is 41.1 Å². The molecule has 1 aromatic carbocycles. The summed E-state index contributed by atoms with van der Waals surface area (Å²) in [7, 11) is -2.36. The molecule has 7 heteroatoms. The molecule has 1 saturated heterocycles. The summed E-state index contributed by atoms with van der Waals surface area (Å²) in [5, 5.41) is 3.20. The average molecular weight is 312 g/mol. The Balaban J connectivity index is 2.19. The van der Waals surface area contributed by atoms with Crippen molar-refractivity contribution < 1.29 is 17.9 Å². The molecule has 0 amide bonds. The van der Waals surface area contributed by atoms with Crippen molar-refractivity contribution in [2.24, 2.45) is 5.92 Å². The number of methoxy groups -OCH3 is 1. The molecule has 2 N–H and O–H groups in total. The number of esters is 1. The number of carbonyl (C=O) groups excluding carboxylic acids is 1. The predicted octanol–water partition coefficient (Wildman–Crippen LogP) is 0.669. The first-order valence-electron chi connectivity index (χ1n) is 6.83. The van der Waals surface area contributed by atoms with Gasteiger partial charge in [0.15, 0.2) is 0 Å². The summed E-state index contributed by atoms with van der Waals surface area (Å²) >= 11 is 0. The van der Waals surface area contributed by atoms with Crippen LogP contribution in [0.5, 0.6) is 0 Å². The van der Waals surface area contributed by atoms with Gasteiger partial charge in [0.05, 0.1) is 17.6 Å². The van der Waals surface area contributed by atoms with Crippen LogP contribution in [0.15, 0.2) is 23.1 Å². The average Bonchev–Trinajstić information content (AvgIpc) is 2.98. The molecule has 0 saturated carbocycles. The zero-order chi connectivity index (χ0) is 15.5. The van der Waals surface area contributed by atoms with Gasteiger partial charge in [0, 0.05) is 6.54 Å². The lowest BCUT2D eigenvalue weighted by atomic mass is 10.1. The molecular formula is C14H20N2O4S. The van der Waals surface area contributed by atoms with Gasteiger partial charge in [0.25, 0.3) is 0 Å². The van der Waals surface area contributed by atoms with Gasteiger partial charge in [0.1, 0.15) is 0 Å². The Morgan fingerprint density at radius 1 is 1.48 bits per heavy atom. The molecule has 1 aromatic rings. The second-order valence-corrected chi connectivity index (χ2v) is 6.92. The number of ether oxygens (including phenoxy) is 1. The van der Waals surface area contributed by atoms with Crippen molar-refractivity contribution in [3.63, 3.8) is 0 Å². The minimum atomic E-state index is -3.63. The van der Waals surface area contributed by atoms with Gasteiger partial charge in [0.2, 0.25) is 10.0 Å². The van der Waals surface area contributed by atoms with Crippen molar-refractivity contribution >= 4 is 16.0 Å². The van der Waals surface area contributed by atoms with Crippen LogP contribution in [0.3, 0.4) is 0 Å². The van der Waals surface area contributed by atoms with Gasteiger partial charge in [-0.1, -0.05) is 6.07 Å². The molecule has 1 aliphatic heterocycles. The van der Waals surface area contributed by atoms with E-state index in [1.165, 1.54) is 13.2 Å². The molecular weight excluding hydrogens is 292 g/mol. The largest absolute Gasteiger partial charge is 0.465 e. The number of sulfonamides is 1. The Bertz CT molecular complexity index is 622. The van der Waals surface area contributed by atoms with E-state index in [1.807, 2.05) is 0 Å². The van der Waals surface area contributed by atoms with Crippen LogP contribution in [0.4, 0.5) is 0 Å². The van der Waals surface area contributed by atoms with Gasteiger partial charge in [-0.3, -0.25) is 0 Å². The number of carbonyl (C=O) groups is 1. The van der Waals surface area contributed by atoms with Crippen LogP contribution >= 0.6 is 0 Å². The highest BCUT2D eigenvalue weighted by molar-refractivity contribution is 7.89. The third kappa shape index (κ3) is 3.81. The van der Waals surface area contributed by atoms with Crippen molar-refractivity contribution in [2.45, 2.75) is 18.2 Å². The second-order valence-electron chi connectivity index (χ2n) is 5.18. The number of aryl methyl sites for hydroxylation is 1. The molecule has 1 unspecified atom stereocenters. The summed E-state index contributed by atoms with van der Waals surface area (Å²) in [5.41, 5.74) is 0.825. The van der Waals surface area contributed by atoms with Gasteiger partial charge < -0.3 is 10.1 Å². The first-order valence-corrected chi connectivity index (χ1v) is 8.31. The van der Waals surface area contributed by atoms with Crippen molar-refractivity contribution in [3.05, 3.63) is 29.3 Å². The number of hydrogen-bond acceptors (Lipinski definition) is 5. The summed E-state index contributed by atoms with van der Waals surface area (Å²) in [6.07, 6.45) is 0.962. The Morgan fingerprint density at radius 2 is 2.24 bits per heavy atom. The van der Waals surface area contributed by atoms with Gasteiger partial charge in [-0.15, -0.1) is 0 Å². The predicted molar refractivity (Wildman–Crippen MR) is 78.7 cm³/mol. The maximum absolute atomic E-state index is 12.4. The van der Waals surface area contributed by atoms with Gasteiger partial charge in [-0.05, 0) is 50.0 Å². The molecule has 0 spiro atoms. The van der Waals surface area contributed by atoms with Crippen molar-refractivity contribution in [1.29, 1.82) is 0 Å². The van der Waals surface area contributed by atoms with E-state index < -0.39 is 16.0 Å². The maximum atomic E-state index is 12.4. The van der Waals surface area contributed by atoms with E-state index >= 15 is 0 Å². The first-order chi connectivity index (χ1) is 9.94. The van der Waals surface area contributed by atoms with Crippen LogP contribution in [-0.2, 0) is 14.8 Å².